The third-order valence-electron chi connectivity index (χ3n) is 3.45. The SMILES string of the molecule is NCCS(=O)(=O)Nc1ccc2c(c1)Cc1ccccc1-2. The van der Waals surface area contributed by atoms with Crippen molar-refractivity contribution in [3.63, 3.8) is 0 Å². The number of hydrogen-bond acceptors (Lipinski definition) is 3. The minimum Gasteiger partial charge on any atom is -0.329 e. The van der Waals surface area contributed by atoms with Crippen LogP contribution in [-0.2, 0) is 16.4 Å². The first-order chi connectivity index (χ1) is 9.59. The first-order valence-electron chi connectivity index (χ1n) is 6.51. The first-order valence-corrected chi connectivity index (χ1v) is 8.16. The van der Waals surface area contributed by atoms with Gasteiger partial charge in [-0.1, -0.05) is 30.3 Å². The molecule has 0 atom stereocenters. The van der Waals surface area contributed by atoms with Crippen LogP contribution in [0, 0.1) is 0 Å². The molecule has 3 N–H and O–H groups in total. The van der Waals surface area contributed by atoms with E-state index in [1.807, 2.05) is 24.3 Å². The second-order valence-electron chi connectivity index (χ2n) is 4.92. The molecule has 0 saturated carbocycles. The molecule has 1 aliphatic rings. The maximum Gasteiger partial charge on any atom is 0.233 e. The number of rotatable bonds is 4. The van der Waals surface area contributed by atoms with Crippen LogP contribution in [0.3, 0.4) is 0 Å². The van der Waals surface area contributed by atoms with Gasteiger partial charge in [0.1, 0.15) is 0 Å². The zero-order valence-corrected chi connectivity index (χ0v) is 11.8. The van der Waals surface area contributed by atoms with Gasteiger partial charge >= 0.3 is 0 Å². The van der Waals surface area contributed by atoms with Crippen molar-refractivity contribution < 1.29 is 8.42 Å². The van der Waals surface area contributed by atoms with Crippen LogP contribution in [0.25, 0.3) is 11.1 Å². The summed E-state index contributed by atoms with van der Waals surface area (Å²) in [5.41, 5.74) is 10.8. The van der Waals surface area contributed by atoms with Gasteiger partial charge in [0.25, 0.3) is 0 Å². The van der Waals surface area contributed by atoms with Crippen LogP contribution in [0.5, 0.6) is 0 Å². The molecule has 1 aliphatic carbocycles. The topological polar surface area (TPSA) is 72.2 Å². The van der Waals surface area contributed by atoms with Crippen LogP contribution in [0.15, 0.2) is 42.5 Å². The molecular formula is C15H16N2O2S. The predicted molar refractivity (Wildman–Crippen MR) is 81.1 cm³/mol. The van der Waals surface area contributed by atoms with Gasteiger partial charge in [-0.25, -0.2) is 8.42 Å². The van der Waals surface area contributed by atoms with E-state index in [2.05, 4.69) is 16.9 Å². The van der Waals surface area contributed by atoms with Crippen molar-refractivity contribution in [2.75, 3.05) is 17.0 Å². The summed E-state index contributed by atoms with van der Waals surface area (Å²) >= 11 is 0. The first kappa shape index (κ1) is 13.1. The van der Waals surface area contributed by atoms with Crippen LogP contribution >= 0.6 is 0 Å². The lowest BCUT2D eigenvalue weighted by Gasteiger charge is -2.09. The highest BCUT2D eigenvalue weighted by molar-refractivity contribution is 7.92. The molecule has 4 nitrogen and oxygen atoms in total. The van der Waals surface area contributed by atoms with Crippen LogP contribution < -0.4 is 10.5 Å². The number of nitrogens with one attached hydrogen (secondary N) is 1. The van der Waals surface area contributed by atoms with Gasteiger partial charge in [0.05, 0.1) is 5.75 Å². The lowest BCUT2D eigenvalue weighted by atomic mass is 10.1. The fraction of sp³-hybridized carbons (Fsp3) is 0.200. The second kappa shape index (κ2) is 4.92. The number of nitrogens with two attached hydrogens (primary N) is 1. The molecular weight excluding hydrogens is 272 g/mol. The summed E-state index contributed by atoms with van der Waals surface area (Å²) in [4.78, 5) is 0. The second-order valence-corrected chi connectivity index (χ2v) is 6.76. The highest BCUT2D eigenvalue weighted by Crippen LogP contribution is 2.37. The summed E-state index contributed by atoms with van der Waals surface area (Å²) in [5.74, 6) is -0.0652. The zero-order chi connectivity index (χ0) is 14.2. The Morgan fingerprint density at radius 1 is 1.05 bits per heavy atom. The van der Waals surface area contributed by atoms with E-state index in [1.165, 1.54) is 16.7 Å². The number of sulfonamides is 1. The maximum atomic E-state index is 11.7. The summed E-state index contributed by atoms with van der Waals surface area (Å²) in [5, 5.41) is 0. The van der Waals surface area contributed by atoms with E-state index in [1.54, 1.807) is 6.07 Å². The van der Waals surface area contributed by atoms with Crippen molar-refractivity contribution in [3.05, 3.63) is 53.6 Å². The molecule has 3 rings (SSSR count). The quantitative estimate of drug-likeness (QED) is 0.771. The monoisotopic (exact) mass is 288 g/mol. The summed E-state index contributed by atoms with van der Waals surface area (Å²) in [7, 11) is -3.34. The molecule has 0 amide bonds. The molecule has 20 heavy (non-hydrogen) atoms. The largest absolute Gasteiger partial charge is 0.329 e. The molecule has 0 aliphatic heterocycles. The molecule has 5 heteroatoms. The van der Waals surface area contributed by atoms with Crippen molar-refractivity contribution in [3.8, 4) is 11.1 Å². The Morgan fingerprint density at radius 2 is 1.80 bits per heavy atom. The fourth-order valence-corrected chi connectivity index (χ4v) is 3.49. The van der Waals surface area contributed by atoms with Gasteiger partial charge < -0.3 is 5.73 Å². The minimum atomic E-state index is -3.34. The van der Waals surface area contributed by atoms with Crippen molar-refractivity contribution in [2.24, 2.45) is 5.73 Å². The minimum absolute atomic E-state index is 0.0652. The summed E-state index contributed by atoms with van der Waals surface area (Å²) in [6.07, 6.45) is 0.845. The zero-order valence-electron chi connectivity index (χ0n) is 11.0. The molecule has 0 aromatic heterocycles. The van der Waals surface area contributed by atoms with E-state index in [-0.39, 0.29) is 12.3 Å². The molecule has 2 aromatic carbocycles. The molecule has 0 bridgehead atoms. The lowest BCUT2D eigenvalue weighted by molar-refractivity contribution is 0.601. The predicted octanol–water partition coefficient (Wildman–Crippen LogP) is 1.96. The summed E-state index contributed by atoms with van der Waals surface area (Å²) < 4.78 is 26.0. The lowest BCUT2D eigenvalue weighted by Crippen LogP contribution is -2.22. The van der Waals surface area contributed by atoms with Gasteiger partial charge in [-0.15, -0.1) is 0 Å². The Kier molecular flexibility index (Phi) is 3.23. The average molecular weight is 288 g/mol. The summed E-state index contributed by atoms with van der Waals surface area (Å²) in [6.45, 7) is 0.117. The molecule has 0 fully saturated rings. The van der Waals surface area contributed by atoms with Gasteiger partial charge in [0.15, 0.2) is 0 Å². The van der Waals surface area contributed by atoms with Gasteiger partial charge in [-0.05, 0) is 40.8 Å². The van der Waals surface area contributed by atoms with E-state index in [0.29, 0.717) is 5.69 Å². The van der Waals surface area contributed by atoms with Crippen LogP contribution in [0.4, 0.5) is 5.69 Å². The van der Waals surface area contributed by atoms with Crippen molar-refractivity contribution >= 4 is 15.7 Å². The number of hydrogen-bond donors (Lipinski definition) is 2. The highest BCUT2D eigenvalue weighted by Gasteiger charge is 2.18. The molecule has 2 aromatic rings. The maximum absolute atomic E-state index is 11.7. The molecule has 0 unspecified atom stereocenters. The van der Waals surface area contributed by atoms with Gasteiger partial charge in [0, 0.05) is 12.2 Å². The van der Waals surface area contributed by atoms with E-state index in [9.17, 15) is 8.42 Å². The molecule has 0 heterocycles. The van der Waals surface area contributed by atoms with Gasteiger partial charge in [-0.2, -0.15) is 0 Å². The van der Waals surface area contributed by atoms with E-state index < -0.39 is 10.0 Å². The Hall–Kier alpha value is -1.85. The van der Waals surface area contributed by atoms with E-state index in [4.69, 9.17) is 5.73 Å². The third-order valence-corrected chi connectivity index (χ3v) is 4.77. The van der Waals surface area contributed by atoms with Crippen LogP contribution in [0.2, 0.25) is 0 Å². The normalized spacial score (nSPS) is 12.8. The van der Waals surface area contributed by atoms with Crippen LogP contribution in [0.1, 0.15) is 11.1 Å². The Bertz CT molecular complexity index is 754. The highest BCUT2D eigenvalue weighted by atomic mass is 32.2. The van der Waals surface area contributed by atoms with E-state index >= 15 is 0 Å². The Labute approximate surface area is 118 Å². The molecule has 0 saturated heterocycles. The van der Waals surface area contributed by atoms with Gasteiger partial charge in [-0.3, -0.25) is 4.72 Å². The standard InChI is InChI=1S/C15H16N2O2S/c16-7-8-20(18,19)17-13-5-6-15-12(10-13)9-11-3-1-2-4-14(11)15/h1-6,10,17H,7-9,16H2. The smallest absolute Gasteiger partial charge is 0.233 e. The van der Waals surface area contributed by atoms with Crippen molar-refractivity contribution in [2.45, 2.75) is 6.42 Å². The Balaban J connectivity index is 1.91. The third kappa shape index (κ3) is 2.42. The average Bonchev–Trinajstić information content (AvgIpc) is 2.75. The van der Waals surface area contributed by atoms with Gasteiger partial charge in [0.2, 0.25) is 10.0 Å². The molecule has 104 valence electrons. The Morgan fingerprint density at radius 3 is 2.60 bits per heavy atom. The van der Waals surface area contributed by atoms with E-state index in [0.717, 1.165) is 12.0 Å². The van der Waals surface area contributed by atoms with Crippen LogP contribution in [-0.4, -0.2) is 20.7 Å². The number of fused-ring (bicyclic) bond motifs is 3. The molecule has 0 spiro atoms. The van der Waals surface area contributed by atoms with Crippen molar-refractivity contribution in [1.82, 2.24) is 0 Å². The number of benzene rings is 2. The van der Waals surface area contributed by atoms with Crippen molar-refractivity contribution in [1.29, 1.82) is 0 Å². The number of anilines is 1. The summed E-state index contributed by atoms with van der Waals surface area (Å²) in [6, 6.07) is 13.9. The fourth-order valence-electron chi connectivity index (χ4n) is 2.59. The molecule has 0 radical (unpaired) electrons.